The monoisotopic (exact) mass is 492 g/mol. The second-order valence-electron chi connectivity index (χ2n) is 8.25. The first-order valence-electron chi connectivity index (χ1n) is 11.1. The van der Waals surface area contributed by atoms with Crippen molar-refractivity contribution in [2.24, 2.45) is 0 Å². The maximum atomic E-state index is 13.3. The summed E-state index contributed by atoms with van der Waals surface area (Å²) in [6, 6.07) is 12.3. The highest BCUT2D eigenvalue weighted by molar-refractivity contribution is 6.04. The molecular formula is C24H24N6O6. The summed E-state index contributed by atoms with van der Waals surface area (Å²) in [4.78, 5) is 52.4. The van der Waals surface area contributed by atoms with E-state index in [2.05, 4.69) is 10.4 Å². The summed E-state index contributed by atoms with van der Waals surface area (Å²) in [6.45, 7) is 2.00. The van der Waals surface area contributed by atoms with Crippen LogP contribution in [0.2, 0.25) is 0 Å². The van der Waals surface area contributed by atoms with Crippen LogP contribution in [0.3, 0.4) is 0 Å². The molecule has 0 spiro atoms. The molecule has 1 aromatic heterocycles. The van der Waals surface area contributed by atoms with Crippen LogP contribution in [0.4, 0.5) is 22.0 Å². The molecule has 0 fully saturated rings. The van der Waals surface area contributed by atoms with E-state index in [0.29, 0.717) is 16.8 Å². The van der Waals surface area contributed by atoms with Gasteiger partial charge >= 0.3 is 6.09 Å². The molecule has 12 nitrogen and oxygen atoms in total. The normalized spacial score (nSPS) is 12.1. The lowest BCUT2D eigenvalue weighted by Crippen LogP contribution is -2.28. The summed E-state index contributed by atoms with van der Waals surface area (Å²) in [5.41, 5.74) is 2.32. The number of aromatic nitrogens is 2. The van der Waals surface area contributed by atoms with Crippen LogP contribution in [-0.2, 0) is 17.8 Å². The minimum absolute atomic E-state index is 0.0968. The van der Waals surface area contributed by atoms with Crippen LogP contribution in [0, 0.1) is 10.1 Å². The highest BCUT2D eigenvalue weighted by Gasteiger charge is 2.34. The Labute approximate surface area is 206 Å². The number of hydrogen-bond donors (Lipinski definition) is 1. The van der Waals surface area contributed by atoms with Gasteiger partial charge in [-0.3, -0.25) is 19.7 Å². The lowest BCUT2D eigenvalue weighted by atomic mass is 10.1. The third-order valence-electron chi connectivity index (χ3n) is 5.69. The van der Waals surface area contributed by atoms with E-state index in [9.17, 15) is 24.5 Å². The number of rotatable bonds is 6. The SMILES string of the molecule is CCOC(=O)n1nc(NC(=O)c2ccc([N+](=O)[O-])cc2)c2c1CN(C(=O)c1cccc(N(C)C)c1)C2. The Morgan fingerprint density at radius 3 is 2.47 bits per heavy atom. The molecule has 2 heterocycles. The second kappa shape index (κ2) is 9.86. The molecule has 3 aromatic rings. The van der Waals surface area contributed by atoms with Gasteiger partial charge in [-0.1, -0.05) is 6.07 Å². The Morgan fingerprint density at radius 1 is 1.11 bits per heavy atom. The quantitative estimate of drug-likeness (QED) is 0.408. The maximum Gasteiger partial charge on any atom is 0.435 e. The first-order valence-corrected chi connectivity index (χ1v) is 11.1. The smallest absolute Gasteiger partial charge is 0.435 e. The average Bonchev–Trinajstić information content (AvgIpc) is 3.44. The van der Waals surface area contributed by atoms with Crippen molar-refractivity contribution in [3.8, 4) is 0 Å². The van der Waals surface area contributed by atoms with Gasteiger partial charge < -0.3 is 19.9 Å². The molecule has 0 unspecified atom stereocenters. The van der Waals surface area contributed by atoms with Gasteiger partial charge in [-0.25, -0.2) is 4.79 Å². The number of nitro groups is 1. The summed E-state index contributed by atoms with van der Waals surface area (Å²) in [5.74, 6) is -0.693. The van der Waals surface area contributed by atoms with E-state index in [1.54, 1.807) is 30.0 Å². The number of amides is 2. The number of carbonyl (C=O) groups excluding carboxylic acids is 3. The minimum Gasteiger partial charge on any atom is -0.448 e. The molecule has 0 saturated carbocycles. The van der Waals surface area contributed by atoms with Crippen molar-refractivity contribution >= 4 is 35.1 Å². The molecule has 12 heteroatoms. The summed E-state index contributed by atoms with van der Waals surface area (Å²) >= 11 is 0. The van der Waals surface area contributed by atoms with Crippen molar-refractivity contribution < 1.29 is 24.0 Å². The zero-order valence-electron chi connectivity index (χ0n) is 19.9. The van der Waals surface area contributed by atoms with Crippen molar-refractivity contribution in [1.29, 1.82) is 0 Å². The standard InChI is InChI=1S/C24H24N6O6/c1-4-36-24(33)29-20-14-28(23(32)16-6-5-7-18(12-16)27(2)3)13-19(20)21(26-29)25-22(31)15-8-10-17(11-9-15)30(34)35/h5-12H,4,13-14H2,1-3H3,(H,25,26,31). The third-order valence-corrected chi connectivity index (χ3v) is 5.69. The predicted octanol–water partition coefficient (Wildman–Crippen LogP) is 3.27. The van der Waals surface area contributed by atoms with Gasteiger partial charge in [-0.05, 0) is 37.3 Å². The Morgan fingerprint density at radius 2 is 1.83 bits per heavy atom. The van der Waals surface area contributed by atoms with Crippen molar-refractivity contribution in [2.45, 2.75) is 20.0 Å². The summed E-state index contributed by atoms with van der Waals surface area (Å²) in [6.07, 6.45) is -0.728. The molecule has 1 N–H and O–H groups in total. The Bertz CT molecular complexity index is 1350. The van der Waals surface area contributed by atoms with E-state index in [1.165, 1.54) is 24.3 Å². The van der Waals surface area contributed by atoms with Crippen LogP contribution in [0.15, 0.2) is 48.5 Å². The Balaban J connectivity index is 1.61. The molecule has 0 aliphatic carbocycles. The molecule has 0 radical (unpaired) electrons. The molecule has 2 amide bonds. The maximum absolute atomic E-state index is 13.3. The first-order chi connectivity index (χ1) is 17.2. The van der Waals surface area contributed by atoms with Gasteiger partial charge in [0.15, 0.2) is 5.82 Å². The first kappa shape index (κ1) is 24.4. The number of carbonyl (C=O) groups is 3. The van der Waals surface area contributed by atoms with Gasteiger partial charge in [-0.2, -0.15) is 4.68 Å². The van der Waals surface area contributed by atoms with E-state index >= 15 is 0 Å². The molecule has 36 heavy (non-hydrogen) atoms. The van der Waals surface area contributed by atoms with Crippen LogP contribution in [-0.4, -0.2) is 58.2 Å². The van der Waals surface area contributed by atoms with Gasteiger partial charge in [0.25, 0.3) is 17.5 Å². The number of nitro benzene ring substituents is 1. The van der Waals surface area contributed by atoms with Crippen LogP contribution in [0.1, 0.15) is 38.9 Å². The molecule has 0 saturated heterocycles. The summed E-state index contributed by atoms with van der Waals surface area (Å²) in [5, 5.41) is 17.8. The molecule has 1 aliphatic rings. The fourth-order valence-electron chi connectivity index (χ4n) is 3.83. The highest BCUT2D eigenvalue weighted by atomic mass is 16.6. The zero-order valence-corrected chi connectivity index (χ0v) is 19.9. The van der Waals surface area contributed by atoms with Crippen LogP contribution < -0.4 is 10.2 Å². The van der Waals surface area contributed by atoms with Crippen molar-refractivity contribution in [2.75, 3.05) is 30.9 Å². The third kappa shape index (κ3) is 4.73. The largest absolute Gasteiger partial charge is 0.448 e. The second-order valence-corrected chi connectivity index (χ2v) is 8.25. The van der Waals surface area contributed by atoms with Gasteiger partial charge in [0, 0.05) is 48.6 Å². The number of nitrogens with one attached hydrogen (secondary N) is 1. The topological polar surface area (TPSA) is 140 Å². The van der Waals surface area contributed by atoms with Crippen LogP contribution >= 0.6 is 0 Å². The van der Waals surface area contributed by atoms with Crippen LogP contribution in [0.25, 0.3) is 0 Å². The molecule has 2 aromatic carbocycles. The lowest BCUT2D eigenvalue weighted by molar-refractivity contribution is -0.384. The van der Waals surface area contributed by atoms with E-state index in [0.717, 1.165) is 10.4 Å². The minimum atomic E-state index is -0.728. The fourth-order valence-corrected chi connectivity index (χ4v) is 3.83. The molecule has 0 atom stereocenters. The number of fused-ring (bicyclic) bond motifs is 1. The van der Waals surface area contributed by atoms with E-state index < -0.39 is 16.9 Å². The van der Waals surface area contributed by atoms with Crippen LogP contribution in [0.5, 0.6) is 0 Å². The highest BCUT2D eigenvalue weighted by Crippen LogP contribution is 2.31. The van der Waals surface area contributed by atoms with Gasteiger partial charge in [0.2, 0.25) is 0 Å². The fraction of sp³-hybridized carbons (Fsp3) is 0.250. The summed E-state index contributed by atoms with van der Waals surface area (Å²) < 4.78 is 6.14. The van der Waals surface area contributed by atoms with Gasteiger partial charge in [0.1, 0.15) is 0 Å². The molecular weight excluding hydrogens is 468 g/mol. The van der Waals surface area contributed by atoms with E-state index in [-0.39, 0.29) is 42.7 Å². The van der Waals surface area contributed by atoms with Crippen molar-refractivity contribution in [3.63, 3.8) is 0 Å². The summed E-state index contributed by atoms with van der Waals surface area (Å²) in [7, 11) is 3.76. The molecule has 0 bridgehead atoms. The molecule has 1 aliphatic heterocycles. The number of nitrogens with zero attached hydrogens (tertiary/aromatic N) is 5. The van der Waals surface area contributed by atoms with Gasteiger partial charge in [0.05, 0.1) is 30.3 Å². The number of hydrogen-bond acceptors (Lipinski definition) is 8. The Kier molecular flexibility index (Phi) is 6.68. The Hall–Kier alpha value is -4.74. The number of anilines is 2. The zero-order chi connectivity index (χ0) is 26.0. The van der Waals surface area contributed by atoms with E-state index in [1.807, 2.05) is 25.1 Å². The number of non-ortho nitro benzene ring substituents is 1. The van der Waals surface area contributed by atoms with Gasteiger partial charge in [-0.15, -0.1) is 5.10 Å². The number of ether oxygens (including phenoxy) is 1. The number of benzene rings is 2. The van der Waals surface area contributed by atoms with E-state index in [4.69, 9.17) is 4.74 Å². The predicted molar refractivity (Wildman–Crippen MR) is 130 cm³/mol. The lowest BCUT2D eigenvalue weighted by Gasteiger charge is -2.18. The molecule has 4 rings (SSSR count). The van der Waals surface area contributed by atoms with Crippen molar-refractivity contribution in [1.82, 2.24) is 14.7 Å². The average molecular weight is 492 g/mol. The van der Waals surface area contributed by atoms with Crippen molar-refractivity contribution in [3.05, 3.63) is 81.0 Å². The molecule has 186 valence electrons.